The minimum atomic E-state index is -1.90. The summed E-state index contributed by atoms with van der Waals surface area (Å²) in [7, 11) is 1.07. The predicted molar refractivity (Wildman–Crippen MR) is 160 cm³/mol. The lowest BCUT2D eigenvalue weighted by Gasteiger charge is -2.49. The van der Waals surface area contributed by atoms with Crippen LogP contribution in [0, 0.1) is 11.8 Å². The summed E-state index contributed by atoms with van der Waals surface area (Å²) in [5, 5.41) is 105. The molecule has 0 amide bonds. The number of esters is 2. The second-order valence-electron chi connectivity index (χ2n) is 13.9. The largest absolute Gasteiger partial charge is 0.469 e. The van der Waals surface area contributed by atoms with Gasteiger partial charge in [-0.25, -0.2) is 0 Å². The normalized spacial score (nSPS) is 48.3. The molecule has 5 fully saturated rings. The number of fused-ring (bicyclic) bond motifs is 1. The van der Waals surface area contributed by atoms with Crippen molar-refractivity contribution in [2.75, 3.05) is 20.3 Å². The molecule has 3 heterocycles. The number of hydrogen-bond donors (Lipinski definition) is 10. The summed E-state index contributed by atoms with van der Waals surface area (Å²) in [6.45, 7) is -1.46. The molecule has 19 heteroatoms. The van der Waals surface area contributed by atoms with Crippen molar-refractivity contribution in [2.45, 2.75) is 149 Å². The molecule has 2 aliphatic carbocycles. The summed E-state index contributed by atoms with van der Waals surface area (Å²) in [6.07, 6.45) is -22.0. The Kier molecular flexibility index (Phi) is 13.4. The fourth-order valence-electron chi connectivity index (χ4n) is 7.74. The van der Waals surface area contributed by atoms with Gasteiger partial charge in [-0.3, -0.25) is 9.59 Å². The van der Waals surface area contributed by atoms with Crippen molar-refractivity contribution >= 4 is 11.9 Å². The molecular formula is C31H51O19+. The third-order valence-corrected chi connectivity index (χ3v) is 10.6. The van der Waals surface area contributed by atoms with E-state index in [0.717, 1.165) is 7.11 Å². The molecule has 0 aromatic carbocycles. The molecule has 0 spiro atoms. The lowest BCUT2D eigenvalue weighted by molar-refractivity contribution is -0.379. The van der Waals surface area contributed by atoms with Crippen LogP contribution in [0.15, 0.2) is 0 Å². The van der Waals surface area contributed by atoms with Gasteiger partial charge in [0.25, 0.3) is 0 Å². The van der Waals surface area contributed by atoms with Crippen LogP contribution in [0.2, 0.25) is 0 Å². The first-order valence-corrected chi connectivity index (χ1v) is 17.0. The molecular weight excluding hydrogens is 676 g/mol. The molecule has 3 saturated heterocycles. The van der Waals surface area contributed by atoms with E-state index < -0.39 is 142 Å². The molecule has 50 heavy (non-hydrogen) atoms. The van der Waals surface area contributed by atoms with Gasteiger partial charge in [-0.2, -0.15) is 0 Å². The molecule has 19 nitrogen and oxygen atoms in total. The Morgan fingerprint density at radius 3 is 2.10 bits per heavy atom. The maximum atomic E-state index is 12.3. The van der Waals surface area contributed by atoms with E-state index in [4.69, 9.17) is 28.4 Å². The maximum absolute atomic E-state index is 12.3. The van der Waals surface area contributed by atoms with Gasteiger partial charge in [0.05, 0.1) is 44.1 Å². The van der Waals surface area contributed by atoms with E-state index in [1.807, 2.05) is 0 Å². The van der Waals surface area contributed by atoms with Gasteiger partial charge in [-0.05, 0) is 25.7 Å². The van der Waals surface area contributed by atoms with Crippen molar-refractivity contribution < 1.29 is 93.8 Å². The van der Waals surface area contributed by atoms with Gasteiger partial charge < -0.3 is 84.2 Å². The number of carbonyl (C=O) groups excluding carboxylic acids is 2. The van der Waals surface area contributed by atoms with E-state index in [1.165, 1.54) is 0 Å². The predicted octanol–water partition coefficient (Wildman–Crippen LogP) is -5.57. The van der Waals surface area contributed by atoms with Crippen molar-refractivity contribution in [1.29, 1.82) is 0 Å². The summed E-state index contributed by atoms with van der Waals surface area (Å²) < 4.78 is 38.0. The fraction of sp³-hybridized carbons (Fsp3) is 0.935. The molecule has 0 aromatic heterocycles. The zero-order valence-electron chi connectivity index (χ0n) is 27.5. The van der Waals surface area contributed by atoms with Crippen LogP contribution in [0.25, 0.3) is 0 Å². The summed E-state index contributed by atoms with van der Waals surface area (Å²) in [6, 6.07) is 0. The van der Waals surface area contributed by atoms with Crippen LogP contribution in [-0.4, -0.2) is 192 Å². The standard InChI is InChI=1S/C31H50O19/c1-44-21(37)8-22(38)45-10-20-24(40)29(50-30-26(42)25(41)23(39)19(9-32)48-30)27(43)31(49-20)47-18-7-13-15(35)5-12(33)6-17(13)46-28(18)11-2-3-14(34)16(36)4-11/h11-20,23-36,39-43H,2-10H2,1H3/p+1. The highest BCUT2D eigenvalue weighted by Crippen LogP contribution is 2.42. The molecule has 5 rings (SSSR count). The second-order valence-corrected chi connectivity index (χ2v) is 13.9. The Hall–Kier alpha value is -1.66. The lowest BCUT2D eigenvalue weighted by atomic mass is 9.72. The van der Waals surface area contributed by atoms with Crippen molar-refractivity contribution in [3.63, 3.8) is 0 Å². The van der Waals surface area contributed by atoms with Crippen LogP contribution in [0.4, 0.5) is 0 Å². The van der Waals surface area contributed by atoms with Gasteiger partial charge in [0, 0.05) is 18.8 Å². The molecule has 19 unspecified atom stereocenters. The van der Waals surface area contributed by atoms with Gasteiger partial charge in [-0.15, -0.1) is 0 Å². The first kappa shape index (κ1) is 39.5. The summed E-state index contributed by atoms with van der Waals surface area (Å²) in [5.41, 5.74) is 0. The number of carbonyl (C=O) groups is 2. The first-order valence-electron chi connectivity index (χ1n) is 17.0. The molecule has 0 bridgehead atoms. The van der Waals surface area contributed by atoms with E-state index in [2.05, 4.69) is 4.74 Å². The topological polar surface area (TPSA) is 305 Å². The number of aliphatic hydroxyl groups excluding tert-OH is 10. The Bertz CT molecular complexity index is 1130. The van der Waals surface area contributed by atoms with Gasteiger partial charge in [0.15, 0.2) is 24.8 Å². The third kappa shape index (κ3) is 8.75. The van der Waals surface area contributed by atoms with Gasteiger partial charge in [0.1, 0.15) is 68.0 Å². The summed E-state index contributed by atoms with van der Waals surface area (Å²) in [4.78, 5) is 23.8. The highest BCUT2D eigenvalue weighted by molar-refractivity contribution is 5.91. The van der Waals surface area contributed by atoms with E-state index in [0.29, 0.717) is 12.8 Å². The van der Waals surface area contributed by atoms with Crippen LogP contribution in [0.5, 0.6) is 0 Å². The summed E-state index contributed by atoms with van der Waals surface area (Å²) in [5.74, 6) is -2.66. The number of ether oxygens (including phenoxy) is 7. The number of hydrogen-bond acceptors (Lipinski definition) is 18. The molecule has 288 valence electrons. The Balaban J connectivity index is 1.39. The third-order valence-electron chi connectivity index (χ3n) is 10.6. The zero-order valence-corrected chi connectivity index (χ0v) is 27.5. The van der Waals surface area contributed by atoms with Crippen LogP contribution in [0.1, 0.15) is 44.9 Å². The van der Waals surface area contributed by atoms with E-state index in [1.54, 1.807) is 0 Å². The molecule has 11 N–H and O–H groups in total. The first-order chi connectivity index (χ1) is 23.7. The molecule has 2 saturated carbocycles. The Labute approximate surface area is 287 Å². The highest BCUT2D eigenvalue weighted by Gasteiger charge is 2.56. The lowest BCUT2D eigenvalue weighted by Crippen LogP contribution is -2.66. The van der Waals surface area contributed by atoms with E-state index >= 15 is 0 Å². The number of rotatable bonds is 10. The minimum Gasteiger partial charge on any atom is -0.469 e. The van der Waals surface area contributed by atoms with Gasteiger partial charge >= 0.3 is 11.9 Å². The quantitative estimate of drug-likeness (QED) is 0.0570. The summed E-state index contributed by atoms with van der Waals surface area (Å²) >= 11 is 0. The molecule has 3 aliphatic heterocycles. The van der Waals surface area contributed by atoms with Gasteiger partial charge in [-0.1, -0.05) is 0 Å². The average molecular weight is 728 g/mol. The Morgan fingerprint density at radius 1 is 0.720 bits per heavy atom. The zero-order chi connectivity index (χ0) is 36.4. The average Bonchev–Trinajstić information content (AvgIpc) is 3.08. The molecule has 5 aliphatic rings. The van der Waals surface area contributed by atoms with Crippen molar-refractivity contribution in [2.24, 2.45) is 11.8 Å². The molecule has 0 radical (unpaired) electrons. The number of methoxy groups -OCH3 is 1. The minimum absolute atomic E-state index is 0.116. The number of aliphatic hydroxyl groups is 12. The Morgan fingerprint density at radius 2 is 1.42 bits per heavy atom. The van der Waals surface area contributed by atoms with Crippen LogP contribution in [-0.2, 0) is 38.0 Å². The van der Waals surface area contributed by atoms with Crippen LogP contribution < -0.4 is 0 Å². The van der Waals surface area contributed by atoms with Crippen LogP contribution >= 0.6 is 0 Å². The fourth-order valence-corrected chi connectivity index (χ4v) is 7.74. The van der Waals surface area contributed by atoms with Crippen LogP contribution in [0.3, 0.4) is 0 Å². The monoisotopic (exact) mass is 727 g/mol. The highest BCUT2D eigenvalue weighted by atomic mass is 16.7. The van der Waals surface area contributed by atoms with E-state index in [-0.39, 0.29) is 31.6 Å². The van der Waals surface area contributed by atoms with Gasteiger partial charge in [0.2, 0.25) is 0 Å². The maximum Gasteiger partial charge on any atom is 0.317 e. The molecule has 19 atom stereocenters. The smallest absolute Gasteiger partial charge is 0.317 e. The second kappa shape index (κ2) is 17.0. The van der Waals surface area contributed by atoms with E-state index in [9.17, 15) is 60.7 Å². The van der Waals surface area contributed by atoms with Crippen molar-refractivity contribution in [1.82, 2.24) is 0 Å². The van der Waals surface area contributed by atoms with Crippen molar-refractivity contribution in [3.05, 3.63) is 0 Å². The molecule has 0 aromatic rings. The SMILES string of the molecule is COC(=O)CC(=O)OCC1OC(OC2CC3C(O)CC(O)CC3[OH+]C2C2CCC(O)C(O)C2)C(O)C(OC2OC(CO)C(O)C(O)C2O)C1O. The van der Waals surface area contributed by atoms with Crippen molar-refractivity contribution in [3.8, 4) is 0 Å².